The number of nitrogens with zero attached hydrogens (tertiary/aromatic N) is 1. The van der Waals surface area contributed by atoms with Crippen LogP contribution in [0.1, 0.15) is 69.1 Å². The van der Waals surface area contributed by atoms with E-state index in [1.807, 2.05) is 30.3 Å². The van der Waals surface area contributed by atoms with Crippen LogP contribution in [0.3, 0.4) is 0 Å². The summed E-state index contributed by atoms with van der Waals surface area (Å²) in [5.74, 6) is -0.288. The first-order valence-corrected chi connectivity index (χ1v) is 12.5. The lowest BCUT2D eigenvalue weighted by Gasteiger charge is -2.53. The number of benzene rings is 2. The maximum atomic E-state index is 15.4. The number of rotatable bonds is 5. The van der Waals surface area contributed by atoms with E-state index in [0.717, 1.165) is 49.7 Å². The molecule has 3 aliphatic carbocycles. The topological polar surface area (TPSA) is 81.7 Å². The Labute approximate surface area is 205 Å². The van der Waals surface area contributed by atoms with Crippen molar-refractivity contribution in [2.75, 3.05) is 11.9 Å². The predicted octanol–water partition coefficient (Wildman–Crippen LogP) is 4.85. The van der Waals surface area contributed by atoms with E-state index in [4.69, 9.17) is 0 Å². The van der Waals surface area contributed by atoms with Gasteiger partial charge < -0.3 is 20.6 Å². The molecule has 3 saturated carbocycles. The molecular weight excluding hydrogens is 445 g/mol. The minimum Gasteiger partial charge on any atom is -0.389 e. The second-order valence-corrected chi connectivity index (χ2v) is 11.3. The van der Waals surface area contributed by atoms with Gasteiger partial charge in [0.05, 0.1) is 5.60 Å². The van der Waals surface area contributed by atoms with E-state index >= 15 is 4.39 Å². The molecule has 0 radical (unpaired) electrons. The Morgan fingerprint density at radius 3 is 2.14 bits per heavy atom. The summed E-state index contributed by atoms with van der Waals surface area (Å²) in [4.78, 5) is 27.4. The fourth-order valence-electron chi connectivity index (χ4n) is 6.12. The van der Waals surface area contributed by atoms with Gasteiger partial charge in [-0.25, -0.2) is 9.18 Å². The highest BCUT2D eigenvalue weighted by molar-refractivity contribution is 5.89. The number of nitrogens with one attached hydrogen (secondary N) is 2. The van der Waals surface area contributed by atoms with Crippen molar-refractivity contribution in [2.24, 2.45) is 5.41 Å². The number of aliphatic hydroxyl groups is 1. The molecule has 3 amide bonds. The molecule has 6 rings (SSSR count). The molecular formula is C28H34FN3O3. The monoisotopic (exact) mass is 479 g/mol. The van der Waals surface area contributed by atoms with Crippen molar-refractivity contribution in [2.45, 2.75) is 76.5 Å². The molecule has 0 aromatic heterocycles. The van der Waals surface area contributed by atoms with Crippen LogP contribution in [0.5, 0.6) is 0 Å². The molecule has 2 bridgehead atoms. The van der Waals surface area contributed by atoms with Crippen molar-refractivity contribution in [3.05, 3.63) is 65.0 Å². The van der Waals surface area contributed by atoms with Crippen LogP contribution in [0.25, 0.3) is 0 Å². The van der Waals surface area contributed by atoms with E-state index in [9.17, 15) is 14.7 Å². The number of fused-ring (bicyclic) bond motifs is 4. The summed E-state index contributed by atoms with van der Waals surface area (Å²) in [6.07, 6.45) is 4.45. The molecule has 0 saturated heterocycles. The highest BCUT2D eigenvalue weighted by Crippen LogP contribution is 2.58. The van der Waals surface area contributed by atoms with Gasteiger partial charge in [-0.3, -0.25) is 4.79 Å². The highest BCUT2D eigenvalue weighted by Gasteiger charge is 2.53. The first kappa shape index (κ1) is 23.8. The van der Waals surface area contributed by atoms with Crippen LogP contribution < -0.4 is 10.6 Å². The third-order valence-electron chi connectivity index (χ3n) is 8.33. The number of carbonyl (C=O) groups excluding carboxylic acids is 2. The summed E-state index contributed by atoms with van der Waals surface area (Å²) in [7, 11) is 0. The molecule has 7 heteroatoms. The molecule has 4 aliphatic rings. The molecule has 3 fully saturated rings. The van der Waals surface area contributed by atoms with Crippen molar-refractivity contribution in [1.82, 2.24) is 10.2 Å². The summed E-state index contributed by atoms with van der Waals surface area (Å²) in [6, 6.07) is 12.8. The van der Waals surface area contributed by atoms with E-state index in [1.165, 1.54) is 6.07 Å². The molecule has 0 atom stereocenters. The van der Waals surface area contributed by atoms with Crippen molar-refractivity contribution in [3.63, 3.8) is 0 Å². The van der Waals surface area contributed by atoms with Crippen LogP contribution in [0.15, 0.2) is 42.5 Å². The van der Waals surface area contributed by atoms with Crippen LogP contribution in [0.2, 0.25) is 0 Å². The average Bonchev–Trinajstić information content (AvgIpc) is 3.28. The smallest absolute Gasteiger partial charge is 0.322 e. The van der Waals surface area contributed by atoms with Gasteiger partial charge in [-0.1, -0.05) is 30.3 Å². The second kappa shape index (κ2) is 8.63. The van der Waals surface area contributed by atoms with E-state index in [2.05, 4.69) is 10.6 Å². The van der Waals surface area contributed by atoms with Crippen molar-refractivity contribution in [3.8, 4) is 0 Å². The molecule has 1 aliphatic heterocycles. The molecule has 2 aromatic carbocycles. The van der Waals surface area contributed by atoms with Gasteiger partial charge in [-0.05, 0) is 86.6 Å². The predicted molar refractivity (Wildman–Crippen MR) is 132 cm³/mol. The maximum Gasteiger partial charge on any atom is 0.322 e. The summed E-state index contributed by atoms with van der Waals surface area (Å²) < 4.78 is 15.4. The highest BCUT2D eigenvalue weighted by atomic mass is 19.1. The van der Waals surface area contributed by atoms with Gasteiger partial charge in [0.15, 0.2) is 0 Å². The third-order valence-corrected chi connectivity index (χ3v) is 8.33. The Bertz CT molecular complexity index is 1110. The third kappa shape index (κ3) is 4.54. The van der Waals surface area contributed by atoms with Gasteiger partial charge in [0.2, 0.25) is 5.91 Å². The number of carbonyl (C=O) groups is 2. The Morgan fingerprint density at radius 1 is 1.00 bits per heavy atom. The Kier molecular flexibility index (Phi) is 5.86. The average molecular weight is 480 g/mol. The molecule has 3 N–H and O–H groups in total. The molecule has 0 unspecified atom stereocenters. The number of amides is 3. The van der Waals surface area contributed by atoms with Crippen molar-refractivity contribution in [1.29, 1.82) is 0 Å². The summed E-state index contributed by atoms with van der Waals surface area (Å²) >= 11 is 0. The fourth-order valence-corrected chi connectivity index (χ4v) is 6.12. The SMILES string of the molecule is CC(C)(O)CNC(=O)C12CCC(c3ccc(NC(=O)N4Cc5ccccc5C4)cc3F)(CC1)CC2. The summed E-state index contributed by atoms with van der Waals surface area (Å²) in [5.41, 5.74) is 1.81. The number of urea groups is 1. The Morgan fingerprint density at radius 2 is 1.60 bits per heavy atom. The molecule has 186 valence electrons. The lowest BCUT2D eigenvalue weighted by molar-refractivity contribution is -0.139. The van der Waals surface area contributed by atoms with Gasteiger partial charge in [0, 0.05) is 30.7 Å². The van der Waals surface area contributed by atoms with Crippen molar-refractivity contribution < 1.29 is 19.1 Å². The normalized spacial score (nSPS) is 25.3. The fraction of sp³-hybridized carbons (Fsp3) is 0.500. The lowest BCUT2D eigenvalue weighted by atomic mass is 9.51. The quantitative estimate of drug-likeness (QED) is 0.573. The zero-order valence-electron chi connectivity index (χ0n) is 20.5. The van der Waals surface area contributed by atoms with Gasteiger partial charge in [-0.2, -0.15) is 0 Å². The number of hydrogen-bond acceptors (Lipinski definition) is 3. The van der Waals surface area contributed by atoms with Crippen LogP contribution in [0, 0.1) is 11.2 Å². The van der Waals surface area contributed by atoms with E-state index in [0.29, 0.717) is 24.3 Å². The van der Waals surface area contributed by atoms with Gasteiger partial charge >= 0.3 is 6.03 Å². The molecule has 1 heterocycles. The molecule has 2 aromatic rings. The first-order chi connectivity index (χ1) is 16.6. The number of anilines is 1. The Balaban J connectivity index is 1.23. The minimum absolute atomic E-state index is 0.00974. The molecule has 6 nitrogen and oxygen atoms in total. The largest absolute Gasteiger partial charge is 0.389 e. The van der Waals surface area contributed by atoms with Crippen LogP contribution in [-0.2, 0) is 23.3 Å². The molecule has 35 heavy (non-hydrogen) atoms. The van der Waals surface area contributed by atoms with Gasteiger partial charge in [0.1, 0.15) is 5.82 Å². The minimum atomic E-state index is -0.946. The number of hydrogen-bond donors (Lipinski definition) is 3. The summed E-state index contributed by atoms with van der Waals surface area (Å²) in [6.45, 7) is 4.69. The first-order valence-electron chi connectivity index (χ1n) is 12.5. The van der Waals surface area contributed by atoms with E-state index in [1.54, 1.807) is 24.8 Å². The van der Waals surface area contributed by atoms with Gasteiger partial charge in [-0.15, -0.1) is 0 Å². The second-order valence-electron chi connectivity index (χ2n) is 11.3. The zero-order valence-corrected chi connectivity index (χ0v) is 20.5. The van der Waals surface area contributed by atoms with Gasteiger partial charge in [0.25, 0.3) is 0 Å². The Hall–Kier alpha value is -2.93. The standard InChI is InChI=1S/C28H34FN3O3/c1-26(2,35)18-30-24(33)28-12-9-27(10-13-28,11-14-28)22-8-7-21(15-23(22)29)31-25(34)32-16-19-5-3-4-6-20(19)17-32/h3-8,15,35H,9-14,16-18H2,1-2H3,(H,30,33)(H,31,34). The van der Waals surface area contributed by atoms with Crippen LogP contribution in [0.4, 0.5) is 14.9 Å². The van der Waals surface area contributed by atoms with Crippen LogP contribution >= 0.6 is 0 Å². The zero-order chi connectivity index (χ0) is 24.8. The maximum absolute atomic E-state index is 15.4. The van der Waals surface area contributed by atoms with Crippen molar-refractivity contribution >= 4 is 17.6 Å². The van der Waals surface area contributed by atoms with E-state index < -0.39 is 11.0 Å². The summed E-state index contributed by atoms with van der Waals surface area (Å²) in [5, 5.41) is 15.7. The van der Waals surface area contributed by atoms with Crippen LogP contribution in [-0.4, -0.2) is 34.1 Å². The lowest BCUT2D eigenvalue weighted by Crippen LogP contribution is -2.53. The van der Waals surface area contributed by atoms with E-state index in [-0.39, 0.29) is 29.7 Å². The number of halogens is 1. The molecule has 0 spiro atoms.